The number of nitrogens with one attached hydrogen (secondary N) is 2. The van der Waals surface area contributed by atoms with Crippen molar-refractivity contribution >= 4 is 66.2 Å². The lowest BCUT2D eigenvalue weighted by Gasteiger charge is -2.24. The van der Waals surface area contributed by atoms with Crippen LogP contribution in [0.4, 0.5) is 21.5 Å². The fraction of sp³-hybridized carbons (Fsp3) is 0.107. The topological polar surface area (TPSA) is 122 Å². The molecule has 0 saturated heterocycles. The predicted molar refractivity (Wildman–Crippen MR) is 161 cm³/mol. The second kappa shape index (κ2) is 13.0. The Hall–Kier alpha value is -3.84. The van der Waals surface area contributed by atoms with Crippen LogP contribution in [0.1, 0.15) is 6.92 Å². The summed E-state index contributed by atoms with van der Waals surface area (Å²) in [5.74, 6) is -0.833. The SMILES string of the molecule is CCOc1ccc(S(=O)(=O)N(CC(=O)Nc2ccc(S(=O)(=O)Nc3cc(Cl)cc(Cl)c3)cc2)c2ccc(F)cc2)cc1. The lowest BCUT2D eigenvalue weighted by atomic mass is 10.3. The van der Waals surface area contributed by atoms with Gasteiger partial charge in [0.1, 0.15) is 18.1 Å². The van der Waals surface area contributed by atoms with Crippen LogP contribution in [0.5, 0.6) is 5.75 Å². The standard InChI is InChI=1S/C28H24Cl2FN3O6S2/c1-2-40-25-9-13-27(14-10-25)42(38,39)34(24-7-3-21(31)4-8-24)18-28(35)32-22-5-11-26(12-6-22)41(36,37)33-23-16-19(29)15-20(30)17-23/h3-17,33H,2,18H2,1H3,(H,32,35). The quantitative estimate of drug-likeness (QED) is 0.200. The fourth-order valence-electron chi connectivity index (χ4n) is 3.80. The first-order valence-corrected chi connectivity index (χ1v) is 16.0. The van der Waals surface area contributed by atoms with Crippen molar-refractivity contribution in [1.82, 2.24) is 0 Å². The number of ether oxygens (including phenoxy) is 1. The van der Waals surface area contributed by atoms with Crippen LogP contribution in [-0.4, -0.2) is 35.9 Å². The molecule has 4 rings (SSSR count). The monoisotopic (exact) mass is 651 g/mol. The smallest absolute Gasteiger partial charge is 0.264 e. The van der Waals surface area contributed by atoms with E-state index in [-0.39, 0.29) is 36.9 Å². The van der Waals surface area contributed by atoms with E-state index in [2.05, 4.69) is 10.0 Å². The van der Waals surface area contributed by atoms with Gasteiger partial charge < -0.3 is 10.1 Å². The Balaban J connectivity index is 1.52. The molecule has 0 aliphatic heterocycles. The Labute approximate surface area is 252 Å². The molecule has 0 saturated carbocycles. The Morgan fingerprint density at radius 2 is 1.38 bits per heavy atom. The second-order valence-corrected chi connectivity index (χ2v) is 13.1. The average Bonchev–Trinajstić information content (AvgIpc) is 2.92. The van der Waals surface area contributed by atoms with Crippen LogP contribution in [0, 0.1) is 5.82 Å². The maximum Gasteiger partial charge on any atom is 0.264 e. The number of carbonyl (C=O) groups excluding carboxylic acids is 1. The average molecular weight is 653 g/mol. The largest absolute Gasteiger partial charge is 0.494 e. The molecule has 0 aromatic heterocycles. The van der Waals surface area contributed by atoms with Gasteiger partial charge in [0.25, 0.3) is 20.0 Å². The molecular formula is C28H24Cl2FN3O6S2. The van der Waals surface area contributed by atoms with Crippen LogP contribution in [0.25, 0.3) is 0 Å². The van der Waals surface area contributed by atoms with E-state index in [0.717, 1.165) is 16.4 Å². The normalized spacial score (nSPS) is 11.5. The van der Waals surface area contributed by atoms with Gasteiger partial charge in [-0.15, -0.1) is 0 Å². The minimum Gasteiger partial charge on any atom is -0.494 e. The van der Waals surface area contributed by atoms with Crippen LogP contribution in [-0.2, 0) is 24.8 Å². The highest BCUT2D eigenvalue weighted by Gasteiger charge is 2.27. The Morgan fingerprint density at radius 1 is 0.810 bits per heavy atom. The van der Waals surface area contributed by atoms with Crippen LogP contribution < -0.4 is 19.1 Å². The van der Waals surface area contributed by atoms with Gasteiger partial charge in [-0.1, -0.05) is 23.2 Å². The highest BCUT2D eigenvalue weighted by molar-refractivity contribution is 7.93. The van der Waals surface area contributed by atoms with Crippen molar-refractivity contribution in [3.8, 4) is 5.75 Å². The molecule has 0 unspecified atom stereocenters. The summed E-state index contributed by atoms with van der Waals surface area (Å²) in [6.45, 7) is 1.53. The lowest BCUT2D eigenvalue weighted by Crippen LogP contribution is -2.38. The van der Waals surface area contributed by atoms with Crippen molar-refractivity contribution < 1.29 is 30.8 Å². The summed E-state index contributed by atoms with van der Waals surface area (Å²) in [6.07, 6.45) is 0. The van der Waals surface area contributed by atoms with Gasteiger partial charge in [0.05, 0.1) is 27.8 Å². The number of hydrogen-bond donors (Lipinski definition) is 2. The van der Waals surface area contributed by atoms with E-state index in [0.29, 0.717) is 12.4 Å². The number of carbonyl (C=O) groups is 1. The maximum atomic E-state index is 13.6. The summed E-state index contributed by atoms with van der Waals surface area (Å²) in [7, 11) is -8.27. The molecule has 2 N–H and O–H groups in total. The summed E-state index contributed by atoms with van der Waals surface area (Å²) in [6, 6.07) is 19.8. The zero-order valence-electron chi connectivity index (χ0n) is 21.9. The first-order valence-electron chi connectivity index (χ1n) is 12.3. The molecular weight excluding hydrogens is 628 g/mol. The van der Waals surface area contributed by atoms with Gasteiger partial charge in [-0.05, 0) is 97.9 Å². The summed E-state index contributed by atoms with van der Waals surface area (Å²) in [5.41, 5.74) is 0.441. The fourth-order valence-corrected chi connectivity index (χ4v) is 6.79. The van der Waals surface area contributed by atoms with Crippen molar-refractivity contribution in [1.29, 1.82) is 0 Å². The number of benzene rings is 4. The molecule has 0 radical (unpaired) electrons. The highest BCUT2D eigenvalue weighted by Crippen LogP contribution is 2.27. The molecule has 14 heteroatoms. The number of nitrogens with zero attached hydrogens (tertiary/aromatic N) is 1. The number of rotatable bonds is 11. The third-order valence-corrected chi connectivity index (χ3v) is 9.31. The van der Waals surface area contributed by atoms with Gasteiger partial charge in [0.2, 0.25) is 5.91 Å². The molecule has 0 heterocycles. The molecule has 4 aromatic carbocycles. The molecule has 0 aliphatic carbocycles. The van der Waals surface area contributed by atoms with Gasteiger partial charge in [-0.2, -0.15) is 0 Å². The molecule has 220 valence electrons. The molecule has 0 atom stereocenters. The number of amides is 1. The van der Waals surface area contributed by atoms with Crippen LogP contribution >= 0.6 is 23.2 Å². The zero-order chi connectivity index (χ0) is 30.5. The van der Waals surface area contributed by atoms with Gasteiger partial charge in [0, 0.05) is 15.7 Å². The summed E-state index contributed by atoms with van der Waals surface area (Å²) >= 11 is 11.9. The third-order valence-electron chi connectivity index (χ3n) is 5.69. The Kier molecular flexibility index (Phi) is 9.62. The van der Waals surface area contributed by atoms with Crippen molar-refractivity contribution in [3.63, 3.8) is 0 Å². The van der Waals surface area contributed by atoms with Crippen LogP contribution in [0.15, 0.2) is 101 Å². The number of anilines is 3. The van der Waals surface area contributed by atoms with E-state index < -0.39 is 38.3 Å². The predicted octanol–water partition coefficient (Wildman–Crippen LogP) is 6.17. The van der Waals surface area contributed by atoms with E-state index >= 15 is 0 Å². The van der Waals surface area contributed by atoms with Crippen molar-refractivity contribution in [2.75, 3.05) is 27.5 Å². The van der Waals surface area contributed by atoms with E-state index in [1.807, 2.05) is 0 Å². The van der Waals surface area contributed by atoms with E-state index in [1.54, 1.807) is 6.92 Å². The lowest BCUT2D eigenvalue weighted by molar-refractivity contribution is -0.114. The first-order chi connectivity index (χ1) is 19.9. The number of sulfonamides is 2. The first kappa shape index (κ1) is 31.1. The molecule has 1 amide bonds. The number of halogens is 3. The van der Waals surface area contributed by atoms with Gasteiger partial charge in [-0.3, -0.25) is 13.8 Å². The van der Waals surface area contributed by atoms with Crippen molar-refractivity contribution in [2.24, 2.45) is 0 Å². The van der Waals surface area contributed by atoms with Gasteiger partial charge in [-0.25, -0.2) is 21.2 Å². The molecule has 0 spiro atoms. The van der Waals surface area contributed by atoms with E-state index in [4.69, 9.17) is 27.9 Å². The van der Waals surface area contributed by atoms with Crippen molar-refractivity contribution in [3.05, 3.63) is 107 Å². The molecule has 0 bridgehead atoms. The molecule has 9 nitrogen and oxygen atoms in total. The van der Waals surface area contributed by atoms with Gasteiger partial charge >= 0.3 is 0 Å². The van der Waals surface area contributed by atoms with E-state index in [9.17, 15) is 26.0 Å². The van der Waals surface area contributed by atoms with Crippen LogP contribution in [0.2, 0.25) is 10.0 Å². The Morgan fingerprint density at radius 3 is 1.95 bits per heavy atom. The summed E-state index contributed by atoms with van der Waals surface area (Å²) in [4.78, 5) is 12.8. The minimum atomic E-state index is -4.26. The van der Waals surface area contributed by atoms with Crippen molar-refractivity contribution in [2.45, 2.75) is 16.7 Å². The second-order valence-electron chi connectivity index (χ2n) is 8.73. The summed E-state index contributed by atoms with van der Waals surface area (Å²) in [5, 5.41) is 3.05. The number of hydrogen-bond acceptors (Lipinski definition) is 6. The molecule has 4 aromatic rings. The Bertz CT molecular complexity index is 1770. The minimum absolute atomic E-state index is 0.0640. The summed E-state index contributed by atoms with van der Waals surface area (Å²) < 4.78 is 74.8. The molecule has 42 heavy (non-hydrogen) atoms. The molecule has 0 fully saturated rings. The molecule has 0 aliphatic rings. The van der Waals surface area contributed by atoms with Gasteiger partial charge in [0.15, 0.2) is 0 Å². The highest BCUT2D eigenvalue weighted by atomic mass is 35.5. The van der Waals surface area contributed by atoms with Crippen LogP contribution in [0.3, 0.4) is 0 Å². The maximum absolute atomic E-state index is 13.6. The third kappa shape index (κ3) is 7.71. The zero-order valence-corrected chi connectivity index (χ0v) is 25.1. The van der Waals surface area contributed by atoms with E-state index in [1.165, 1.54) is 78.9 Å².